The van der Waals surface area contributed by atoms with Gasteiger partial charge in [0.05, 0.1) is 6.61 Å². The molecule has 1 aromatic heterocycles. The SMILES string of the molecule is COCCOc1cc2ccccc2[nH]1. The highest BCUT2D eigenvalue weighted by atomic mass is 16.5. The number of benzene rings is 1. The van der Waals surface area contributed by atoms with Crippen LogP contribution in [-0.4, -0.2) is 25.3 Å². The molecule has 1 aromatic carbocycles. The maximum Gasteiger partial charge on any atom is 0.191 e. The van der Waals surface area contributed by atoms with Gasteiger partial charge in [-0.25, -0.2) is 0 Å². The molecule has 0 radical (unpaired) electrons. The number of nitrogens with one attached hydrogen (secondary N) is 1. The Labute approximate surface area is 82.6 Å². The second kappa shape index (κ2) is 4.15. The average molecular weight is 191 g/mol. The first-order chi connectivity index (χ1) is 6.90. The Kier molecular flexibility index (Phi) is 2.70. The molecule has 1 N–H and O–H groups in total. The van der Waals surface area contributed by atoms with Crippen LogP contribution in [0.5, 0.6) is 5.88 Å². The van der Waals surface area contributed by atoms with Crippen LogP contribution in [0.2, 0.25) is 0 Å². The van der Waals surface area contributed by atoms with Crippen molar-refractivity contribution in [3.05, 3.63) is 30.3 Å². The van der Waals surface area contributed by atoms with Crippen LogP contribution in [0.4, 0.5) is 0 Å². The van der Waals surface area contributed by atoms with Crippen LogP contribution in [0.15, 0.2) is 30.3 Å². The fourth-order valence-corrected chi connectivity index (χ4v) is 1.36. The van der Waals surface area contributed by atoms with E-state index in [1.54, 1.807) is 7.11 Å². The van der Waals surface area contributed by atoms with Gasteiger partial charge in [0.2, 0.25) is 0 Å². The zero-order valence-electron chi connectivity index (χ0n) is 8.12. The second-order valence-electron chi connectivity index (χ2n) is 3.06. The van der Waals surface area contributed by atoms with Crippen LogP contribution in [0.25, 0.3) is 10.9 Å². The van der Waals surface area contributed by atoms with Crippen LogP contribution in [0.1, 0.15) is 0 Å². The fraction of sp³-hybridized carbons (Fsp3) is 0.273. The van der Waals surface area contributed by atoms with Crippen LogP contribution < -0.4 is 4.74 Å². The van der Waals surface area contributed by atoms with Crippen LogP contribution in [0, 0.1) is 0 Å². The van der Waals surface area contributed by atoms with E-state index in [2.05, 4.69) is 11.1 Å². The molecule has 3 heteroatoms. The number of hydrogen-bond acceptors (Lipinski definition) is 2. The minimum Gasteiger partial charge on any atom is -0.476 e. The molecule has 74 valence electrons. The van der Waals surface area contributed by atoms with Crippen LogP contribution >= 0.6 is 0 Å². The third-order valence-corrected chi connectivity index (χ3v) is 2.05. The Hall–Kier alpha value is -1.48. The molecule has 0 unspecified atom stereocenters. The topological polar surface area (TPSA) is 34.2 Å². The highest BCUT2D eigenvalue weighted by Gasteiger charge is 1.99. The molecule has 0 aliphatic heterocycles. The largest absolute Gasteiger partial charge is 0.476 e. The first-order valence-electron chi connectivity index (χ1n) is 4.59. The Morgan fingerprint density at radius 2 is 2.07 bits per heavy atom. The van der Waals surface area contributed by atoms with Gasteiger partial charge in [0, 0.05) is 24.1 Å². The van der Waals surface area contributed by atoms with E-state index in [1.165, 1.54) is 5.39 Å². The first-order valence-corrected chi connectivity index (χ1v) is 4.59. The number of methoxy groups -OCH3 is 1. The number of hydrogen-bond donors (Lipinski definition) is 1. The van der Waals surface area contributed by atoms with E-state index in [4.69, 9.17) is 9.47 Å². The van der Waals surface area contributed by atoms with Crippen molar-refractivity contribution in [2.45, 2.75) is 0 Å². The van der Waals surface area contributed by atoms with Crippen molar-refractivity contribution in [2.75, 3.05) is 20.3 Å². The zero-order valence-corrected chi connectivity index (χ0v) is 8.12. The number of H-pyrrole nitrogens is 1. The van der Waals surface area contributed by atoms with E-state index in [9.17, 15) is 0 Å². The fourth-order valence-electron chi connectivity index (χ4n) is 1.36. The molecule has 0 saturated heterocycles. The molecule has 0 saturated carbocycles. The maximum atomic E-state index is 5.45. The van der Waals surface area contributed by atoms with Crippen molar-refractivity contribution in [1.82, 2.24) is 4.98 Å². The van der Waals surface area contributed by atoms with Gasteiger partial charge in [0.1, 0.15) is 6.61 Å². The van der Waals surface area contributed by atoms with Crippen molar-refractivity contribution in [3.8, 4) is 5.88 Å². The van der Waals surface area contributed by atoms with Crippen molar-refractivity contribution >= 4 is 10.9 Å². The molecule has 0 fully saturated rings. The zero-order chi connectivity index (χ0) is 9.80. The summed E-state index contributed by atoms with van der Waals surface area (Å²) in [5, 5.41) is 1.17. The highest BCUT2D eigenvalue weighted by Crippen LogP contribution is 2.19. The number of rotatable bonds is 4. The molecule has 0 amide bonds. The van der Waals surface area contributed by atoms with Gasteiger partial charge in [-0.3, -0.25) is 0 Å². The van der Waals surface area contributed by atoms with Gasteiger partial charge in [0.25, 0.3) is 0 Å². The molecule has 0 atom stereocenters. The summed E-state index contributed by atoms with van der Waals surface area (Å²) in [6, 6.07) is 10.1. The standard InChI is InChI=1S/C11H13NO2/c1-13-6-7-14-11-8-9-4-2-3-5-10(9)12-11/h2-5,8,12H,6-7H2,1H3. The van der Waals surface area contributed by atoms with E-state index in [0.29, 0.717) is 13.2 Å². The lowest BCUT2D eigenvalue weighted by atomic mass is 10.3. The van der Waals surface area contributed by atoms with Crippen molar-refractivity contribution in [3.63, 3.8) is 0 Å². The molecule has 0 bridgehead atoms. The number of para-hydroxylation sites is 1. The summed E-state index contributed by atoms with van der Waals surface area (Å²) < 4.78 is 10.3. The summed E-state index contributed by atoms with van der Waals surface area (Å²) in [7, 11) is 1.66. The minimum absolute atomic E-state index is 0.573. The van der Waals surface area contributed by atoms with Gasteiger partial charge in [0.15, 0.2) is 5.88 Å². The number of aromatic amines is 1. The van der Waals surface area contributed by atoms with Crippen LogP contribution in [-0.2, 0) is 4.74 Å². The predicted molar refractivity (Wildman–Crippen MR) is 55.7 cm³/mol. The van der Waals surface area contributed by atoms with E-state index in [-0.39, 0.29) is 0 Å². The molecule has 14 heavy (non-hydrogen) atoms. The Morgan fingerprint density at radius 1 is 1.21 bits per heavy atom. The van der Waals surface area contributed by atoms with Gasteiger partial charge < -0.3 is 14.5 Å². The molecular weight excluding hydrogens is 178 g/mol. The molecule has 1 heterocycles. The molecule has 3 nitrogen and oxygen atoms in total. The van der Waals surface area contributed by atoms with Crippen LogP contribution in [0.3, 0.4) is 0 Å². The van der Waals surface area contributed by atoms with Crippen molar-refractivity contribution in [1.29, 1.82) is 0 Å². The number of aromatic nitrogens is 1. The number of fused-ring (bicyclic) bond motifs is 1. The molecular formula is C11H13NO2. The van der Waals surface area contributed by atoms with Gasteiger partial charge in [-0.1, -0.05) is 18.2 Å². The minimum atomic E-state index is 0.573. The maximum absolute atomic E-state index is 5.45. The lowest BCUT2D eigenvalue weighted by Crippen LogP contribution is -2.04. The van der Waals surface area contributed by atoms with E-state index < -0.39 is 0 Å². The van der Waals surface area contributed by atoms with E-state index in [0.717, 1.165) is 11.4 Å². The predicted octanol–water partition coefficient (Wildman–Crippen LogP) is 2.19. The summed E-state index contributed by atoms with van der Waals surface area (Å²) in [6.45, 7) is 1.18. The lowest BCUT2D eigenvalue weighted by Gasteiger charge is -2.00. The molecule has 0 aliphatic rings. The van der Waals surface area contributed by atoms with E-state index >= 15 is 0 Å². The Morgan fingerprint density at radius 3 is 2.86 bits per heavy atom. The first kappa shape index (κ1) is 9.09. The number of ether oxygens (including phenoxy) is 2. The van der Waals surface area contributed by atoms with Gasteiger partial charge >= 0.3 is 0 Å². The van der Waals surface area contributed by atoms with Crippen molar-refractivity contribution in [2.24, 2.45) is 0 Å². The summed E-state index contributed by atoms with van der Waals surface area (Å²) >= 11 is 0. The highest BCUT2D eigenvalue weighted by molar-refractivity contribution is 5.81. The molecule has 2 aromatic rings. The lowest BCUT2D eigenvalue weighted by molar-refractivity contribution is 0.144. The summed E-state index contributed by atoms with van der Waals surface area (Å²) in [5.74, 6) is 0.795. The quantitative estimate of drug-likeness (QED) is 0.752. The van der Waals surface area contributed by atoms with Crippen molar-refractivity contribution < 1.29 is 9.47 Å². The second-order valence-corrected chi connectivity index (χ2v) is 3.06. The summed E-state index contributed by atoms with van der Waals surface area (Å²) in [6.07, 6.45) is 0. The Bertz CT molecular complexity index is 375. The third-order valence-electron chi connectivity index (χ3n) is 2.05. The van der Waals surface area contributed by atoms with Gasteiger partial charge in [-0.15, -0.1) is 0 Å². The van der Waals surface area contributed by atoms with Gasteiger partial charge in [-0.05, 0) is 6.07 Å². The smallest absolute Gasteiger partial charge is 0.191 e. The monoisotopic (exact) mass is 191 g/mol. The van der Waals surface area contributed by atoms with Gasteiger partial charge in [-0.2, -0.15) is 0 Å². The molecule has 2 rings (SSSR count). The summed E-state index contributed by atoms with van der Waals surface area (Å²) in [5.41, 5.74) is 1.10. The summed E-state index contributed by atoms with van der Waals surface area (Å²) in [4.78, 5) is 3.18. The average Bonchev–Trinajstić information content (AvgIpc) is 2.60. The van der Waals surface area contributed by atoms with E-state index in [1.807, 2.05) is 24.3 Å². The Balaban J connectivity index is 2.11. The normalized spacial score (nSPS) is 10.6. The molecule has 0 spiro atoms. The molecule has 0 aliphatic carbocycles. The third kappa shape index (κ3) is 1.88.